The number of hydrogen-bond acceptors (Lipinski definition) is 2. The van der Waals surface area contributed by atoms with Gasteiger partial charge in [-0.05, 0) is 45.1 Å². The Labute approximate surface area is 90.1 Å². The molecule has 0 saturated carbocycles. The van der Waals surface area contributed by atoms with E-state index in [9.17, 15) is 0 Å². The number of fused-ring (bicyclic) bond motifs is 1. The van der Waals surface area contributed by atoms with Crippen LogP contribution in [0.2, 0.25) is 0 Å². The van der Waals surface area contributed by atoms with Crippen molar-refractivity contribution in [3.05, 3.63) is 29.6 Å². The molecule has 1 heterocycles. The number of rotatable bonds is 3. The lowest BCUT2D eigenvalue weighted by molar-refractivity contribution is 0.414. The van der Waals surface area contributed by atoms with Gasteiger partial charge in [0.2, 0.25) is 0 Å². The number of aromatic nitrogens is 2. The van der Waals surface area contributed by atoms with Gasteiger partial charge in [0.1, 0.15) is 5.82 Å². The highest BCUT2D eigenvalue weighted by molar-refractivity contribution is 5.75. The highest BCUT2D eigenvalue weighted by Crippen LogP contribution is 2.13. The zero-order chi connectivity index (χ0) is 10.8. The Balaban J connectivity index is 2.22. The quantitative estimate of drug-likeness (QED) is 0.827. The van der Waals surface area contributed by atoms with Crippen molar-refractivity contribution in [1.82, 2.24) is 14.9 Å². The second kappa shape index (κ2) is 4.03. The second-order valence-corrected chi connectivity index (χ2v) is 4.23. The van der Waals surface area contributed by atoms with E-state index in [1.807, 2.05) is 6.92 Å². The van der Waals surface area contributed by atoms with Crippen LogP contribution in [0.5, 0.6) is 0 Å². The third-order valence-electron chi connectivity index (χ3n) is 2.51. The van der Waals surface area contributed by atoms with Gasteiger partial charge in [-0.2, -0.15) is 0 Å². The van der Waals surface area contributed by atoms with E-state index in [4.69, 9.17) is 0 Å². The van der Waals surface area contributed by atoms with E-state index >= 15 is 0 Å². The number of likely N-dealkylation sites (N-methyl/N-ethyl adjacent to an activating group) is 1. The summed E-state index contributed by atoms with van der Waals surface area (Å²) in [5.41, 5.74) is 3.56. The van der Waals surface area contributed by atoms with E-state index in [2.05, 4.69) is 47.2 Å². The van der Waals surface area contributed by atoms with E-state index < -0.39 is 0 Å². The first-order valence-corrected chi connectivity index (χ1v) is 5.25. The molecule has 3 heteroatoms. The van der Waals surface area contributed by atoms with Crippen molar-refractivity contribution in [3.8, 4) is 0 Å². The minimum Gasteiger partial charge on any atom is -0.342 e. The molecule has 80 valence electrons. The minimum atomic E-state index is 0.981. The first kappa shape index (κ1) is 10.2. The van der Waals surface area contributed by atoms with Crippen molar-refractivity contribution in [1.29, 1.82) is 0 Å². The molecule has 0 unspecified atom stereocenters. The summed E-state index contributed by atoms with van der Waals surface area (Å²) in [6.45, 7) is 3.07. The highest BCUT2D eigenvalue weighted by Gasteiger charge is 2.01. The summed E-state index contributed by atoms with van der Waals surface area (Å²) in [5.74, 6) is 0.981. The van der Waals surface area contributed by atoms with Gasteiger partial charge in [0, 0.05) is 6.54 Å². The smallest absolute Gasteiger partial charge is 0.104 e. The molecule has 15 heavy (non-hydrogen) atoms. The van der Waals surface area contributed by atoms with Crippen molar-refractivity contribution < 1.29 is 0 Å². The Hall–Kier alpha value is -1.35. The molecule has 0 saturated heterocycles. The second-order valence-electron chi connectivity index (χ2n) is 4.23. The zero-order valence-electron chi connectivity index (χ0n) is 9.54. The summed E-state index contributed by atoms with van der Waals surface area (Å²) in [7, 11) is 4.19. The fourth-order valence-electron chi connectivity index (χ4n) is 1.69. The Bertz CT molecular complexity index is 457. The highest BCUT2D eigenvalue weighted by atomic mass is 15.0. The maximum Gasteiger partial charge on any atom is 0.104 e. The van der Waals surface area contributed by atoms with Crippen molar-refractivity contribution >= 4 is 11.0 Å². The minimum absolute atomic E-state index is 0.981. The lowest BCUT2D eigenvalue weighted by atomic mass is 10.1. The van der Waals surface area contributed by atoms with Crippen molar-refractivity contribution in [2.75, 3.05) is 20.6 Å². The lowest BCUT2D eigenvalue weighted by Gasteiger charge is -2.08. The molecule has 1 aromatic heterocycles. The molecule has 3 nitrogen and oxygen atoms in total. The summed E-state index contributed by atoms with van der Waals surface area (Å²) in [4.78, 5) is 9.84. The topological polar surface area (TPSA) is 31.9 Å². The van der Waals surface area contributed by atoms with E-state index in [1.54, 1.807) is 0 Å². The molecular formula is C12H17N3. The third kappa shape index (κ3) is 2.36. The summed E-state index contributed by atoms with van der Waals surface area (Å²) in [5, 5.41) is 0. The van der Waals surface area contributed by atoms with Gasteiger partial charge in [-0.25, -0.2) is 4.98 Å². The first-order chi connectivity index (χ1) is 7.15. The molecule has 0 fully saturated rings. The van der Waals surface area contributed by atoms with Crippen molar-refractivity contribution in [2.24, 2.45) is 0 Å². The Morgan fingerprint density at radius 1 is 1.33 bits per heavy atom. The van der Waals surface area contributed by atoms with Crippen LogP contribution in [0.3, 0.4) is 0 Å². The zero-order valence-corrected chi connectivity index (χ0v) is 9.54. The van der Waals surface area contributed by atoms with Crippen LogP contribution in [0.15, 0.2) is 18.2 Å². The molecule has 1 aromatic carbocycles. The van der Waals surface area contributed by atoms with Crippen LogP contribution in [-0.2, 0) is 6.42 Å². The summed E-state index contributed by atoms with van der Waals surface area (Å²) in [6, 6.07) is 6.44. The molecule has 0 spiro atoms. The summed E-state index contributed by atoms with van der Waals surface area (Å²) < 4.78 is 0. The molecule has 2 rings (SSSR count). The fourth-order valence-corrected chi connectivity index (χ4v) is 1.69. The number of nitrogens with zero attached hydrogens (tertiary/aromatic N) is 2. The number of H-pyrrole nitrogens is 1. The van der Waals surface area contributed by atoms with Crippen molar-refractivity contribution in [3.63, 3.8) is 0 Å². The van der Waals surface area contributed by atoms with E-state index in [0.717, 1.165) is 29.8 Å². The maximum atomic E-state index is 4.38. The fraction of sp³-hybridized carbons (Fsp3) is 0.417. The van der Waals surface area contributed by atoms with Gasteiger partial charge >= 0.3 is 0 Å². The van der Waals surface area contributed by atoms with E-state index in [-0.39, 0.29) is 0 Å². The van der Waals surface area contributed by atoms with Gasteiger partial charge in [-0.15, -0.1) is 0 Å². The van der Waals surface area contributed by atoms with Gasteiger partial charge in [0.05, 0.1) is 11.0 Å². The molecule has 0 atom stereocenters. The van der Waals surface area contributed by atoms with Crippen LogP contribution in [0.25, 0.3) is 11.0 Å². The van der Waals surface area contributed by atoms with Crippen LogP contribution >= 0.6 is 0 Å². The van der Waals surface area contributed by atoms with Gasteiger partial charge in [0.15, 0.2) is 0 Å². The molecule has 0 aliphatic carbocycles. The molecule has 0 radical (unpaired) electrons. The normalized spacial score (nSPS) is 11.5. The average Bonchev–Trinajstić information content (AvgIpc) is 2.53. The SMILES string of the molecule is Cc1nc2ccc(CCN(C)C)cc2[nH]1. The molecular weight excluding hydrogens is 186 g/mol. The first-order valence-electron chi connectivity index (χ1n) is 5.25. The lowest BCUT2D eigenvalue weighted by Crippen LogP contribution is -2.14. The number of imidazole rings is 1. The van der Waals surface area contributed by atoms with Crippen LogP contribution in [0.1, 0.15) is 11.4 Å². The van der Waals surface area contributed by atoms with Crippen LogP contribution < -0.4 is 0 Å². The van der Waals surface area contributed by atoms with E-state index in [1.165, 1.54) is 5.56 Å². The largest absolute Gasteiger partial charge is 0.342 e. The summed E-state index contributed by atoms with van der Waals surface area (Å²) in [6.07, 6.45) is 1.08. The van der Waals surface area contributed by atoms with Gasteiger partial charge in [0.25, 0.3) is 0 Å². The van der Waals surface area contributed by atoms with Crippen LogP contribution in [-0.4, -0.2) is 35.5 Å². The molecule has 1 N–H and O–H groups in total. The molecule has 0 bridgehead atoms. The van der Waals surface area contributed by atoms with E-state index in [0.29, 0.717) is 0 Å². The molecule has 0 aliphatic heterocycles. The predicted molar refractivity (Wildman–Crippen MR) is 63.1 cm³/mol. The number of benzene rings is 1. The Morgan fingerprint density at radius 3 is 2.87 bits per heavy atom. The molecule has 0 amide bonds. The molecule has 0 aliphatic rings. The Kier molecular flexibility index (Phi) is 2.73. The van der Waals surface area contributed by atoms with Gasteiger partial charge in [-0.1, -0.05) is 6.07 Å². The monoisotopic (exact) mass is 203 g/mol. The third-order valence-corrected chi connectivity index (χ3v) is 2.51. The molecule has 2 aromatic rings. The van der Waals surface area contributed by atoms with Gasteiger partial charge < -0.3 is 9.88 Å². The number of nitrogens with one attached hydrogen (secondary N) is 1. The Morgan fingerprint density at radius 2 is 2.13 bits per heavy atom. The number of hydrogen-bond donors (Lipinski definition) is 1. The summed E-state index contributed by atoms with van der Waals surface area (Å²) >= 11 is 0. The standard InChI is InChI=1S/C12H17N3/c1-9-13-11-5-4-10(6-7-15(2)3)8-12(11)14-9/h4-5,8H,6-7H2,1-3H3,(H,13,14). The number of aryl methyl sites for hydroxylation is 1. The van der Waals surface area contributed by atoms with Crippen LogP contribution in [0, 0.1) is 6.92 Å². The van der Waals surface area contributed by atoms with Crippen molar-refractivity contribution in [2.45, 2.75) is 13.3 Å². The average molecular weight is 203 g/mol. The van der Waals surface area contributed by atoms with Crippen LogP contribution in [0.4, 0.5) is 0 Å². The number of aromatic amines is 1. The predicted octanol–water partition coefficient (Wildman–Crippen LogP) is 1.98. The maximum absolute atomic E-state index is 4.38. The van der Waals surface area contributed by atoms with Gasteiger partial charge in [-0.3, -0.25) is 0 Å².